The highest BCUT2D eigenvalue weighted by Gasteiger charge is 2.16. The summed E-state index contributed by atoms with van der Waals surface area (Å²) in [6.45, 7) is 0. The van der Waals surface area contributed by atoms with Crippen molar-refractivity contribution < 1.29 is 17.7 Å². The fourth-order valence-electron chi connectivity index (χ4n) is 1.80. The van der Waals surface area contributed by atoms with Gasteiger partial charge in [-0.3, -0.25) is 4.55 Å². The first-order chi connectivity index (χ1) is 9.31. The first-order valence-electron chi connectivity index (χ1n) is 6.33. The quantitative estimate of drug-likeness (QED) is 0.499. The zero-order valence-corrected chi connectivity index (χ0v) is 13.1. The van der Waals surface area contributed by atoms with Crippen LogP contribution in [0.2, 0.25) is 0 Å². The van der Waals surface area contributed by atoms with Gasteiger partial charge in [-0.1, -0.05) is 12.1 Å². The smallest absolute Gasteiger partial charge is 0.264 e. The van der Waals surface area contributed by atoms with E-state index in [2.05, 4.69) is 12.6 Å². The average Bonchev–Trinajstić information content (AvgIpc) is 2.41. The number of hydrogen-bond donors (Lipinski definition) is 3. The number of benzene rings is 1. The van der Waals surface area contributed by atoms with Crippen LogP contribution in [0.15, 0.2) is 24.3 Å². The number of hydrogen-bond acceptors (Lipinski definition) is 5. The van der Waals surface area contributed by atoms with E-state index in [1.807, 2.05) is 24.3 Å². The van der Waals surface area contributed by atoms with E-state index in [9.17, 15) is 8.42 Å². The fourth-order valence-corrected chi connectivity index (χ4v) is 2.65. The maximum absolute atomic E-state index is 10.7. The Bertz CT molecular complexity index is 502. The highest BCUT2D eigenvalue weighted by Crippen LogP contribution is 2.16. The van der Waals surface area contributed by atoms with Crippen molar-refractivity contribution in [3.8, 4) is 5.75 Å². The molecule has 0 aliphatic rings. The third kappa shape index (κ3) is 6.60. The van der Waals surface area contributed by atoms with Crippen molar-refractivity contribution in [2.45, 2.75) is 30.6 Å². The second kappa shape index (κ2) is 7.87. The number of thiol groups is 1. The predicted octanol–water partition coefficient (Wildman–Crippen LogP) is 1.53. The molecule has 1 aromatic rings. The average molecular weight is 319 g/mol. The number of rotatable bonds is 8. The number of methoxy groups -OCH3 is 1. The number of nitrogens with two attached hydrogens (primary N) is 1. The summed E-state index contributed by atoms with van der Waals surface area (Å²) in [4.78, 5) is 0. The Morgan fingerprint density at radius 2 is 1.90 bits per heavy atom. The van der Waals surface area contributed by atoms with Gasteiger partial charge in [-0.15, -0.1) is 0 Å². The van der Waals surface area contributed by atoms with Crippen LogP contribution in [0.4, 0.5) is 0 Å². The van der Waals surface area contributed by atoms with Gasteiger partial charge in [-0.2, -0.15) is 21.0 Å². The Hall–Kier alpha value is -0.760. The van der Waals surface area contributed by atoms with Crippen LogP contribution in [-0.4, -0.2) is 37.1 Å². The topological polar surface area (TPSA) is 89.6 Å². The van der Waals surface area contributed by atoms with Crippen LogP contribution >= 0.6 is 12.6 Å². The van der Waals surface area contributed by atoms with Gasteiger partial charge >= 0.3 is 0 Å². The molecular formula is C13H21NO4S2. The third-order valence-electron chi connectivity index (χ3n) is 3.09. The van der Waals surface area contributed by atoms with Gasteiger partial charge in [0.15, 0.2) is 0 Å². The van der Waals surface area contributed by atoms with Crippen molar-refractivity contribution >= 4 is 22.7 Å². The lowest BCUT2D eigenvalue weighted by molar-refractivity contribution is 0.414. The Kier molecular flexibility index (Phi) is 6.81. The van der Waals surface area contributed by atoms with E-state index in [1.54, 1.807) is 7.11 Å². The molecule has 7 heteroatoms. The highest BCUT2D eigenvalue weighted by molar-refractivity contribution is 7.85. The summed E-state index contributed by atoms with van der Waals surface area (Å²) in [6, 6.07) is 7.37. The molecule has 0 fully saturated rings. The maximum Gasteiger partial charge on any atom is 0.264 e. The van der Waals surface area contributed by atoms with Crippen LogP contribution < -0.4 is 10.5 Å². The lowest BCUT2D eigenvalue weighted by Gasteiger charge is -2.18. The minimum Gasteiger partial charge on any atom is -0.497 e. The monoisotopic (exact) mass is 319 g/mol. The van der Waals surface area contributed by atoms with E-state index in [0.29, 0.717) is 0 Å². The molecule has 0 saturated heterocycles. The zero-order valence-electron chi connectivity index (χ0n) is 11.4. The molecule has 1 rings (SSSR count). The Balaban J connectivity index is 2.39. The molecular weight excluding hydrogens is 298 g/mol. The summed E-state index contributed by atoms with van der Waals surface area (Å²) < 4.78 is 35.1. The van der Waals surface area contributed by atoms with Crippen LogP contribution in [-0.2, 0) is 16.5 Å². The van der Waals surface area contributed by atoms with Crippen molar-refractivity contribution in [1.29, 1.82) is 0 Å². The summed E-state index contributed by atoms with van der Waals surface area (Å²) >= 11 is 4.40. The molecule has 0 aliphatic heterocycles. The molecule has 2 unspecified atom stereocenters. The van der Waals surface area contributed by atoms with Crippen molar-refractivity contribution in [1.82, 2.24) is 0 Å². The van der Waals surface area contributed by atoms with Gasteiger partial charge in [-0.05, 0) is 37.0 Å². The molecule has 1 aromatic carbocycles. The lowest BCUT2D eigenvalue weighted by Crippen LogP contribution is -2.33. The lowest BCUT2D eigenvalue weighted by atomic mass is 10.0. The van der Waals surface area contributed by atoms with Crippen LogP contribution in [0.5, 0.6) is 5.75 Å². The summed E-state index contributed by atoms with van der Waals surface area (Å²) in [5.74, 6) is 0.481. The normalized spacial score (nSPS) is 14.8. The molecule has 114 valence electrons. The molecule has 0 bridgehead atoms. The second-order valence-corrected chi connectivity index (χ2v) is 6.93. The van der Waals surface area contributed by atoms with E-state index in [-0.39, 0.29) is 23.5 Å². The highest BCUT2D eigenvalue weighted by atomic mass is 32.2. The number of ether oxygens (including phenoxy) is 1. The van der Waals surface area contributed by atoms with Crippen molar-refractivity contribution in [3.63, 3.8) is 0 Å². The second-order valence-electron chi connectivity index (χ2n) is 4.69. The minimum atomic E-state index is -3.96. The standard InChI is InChI=1S/C13H21NO4S2/c1-18-11-5-2-10(3-6-11)4-7-13(19)12(14)8-9-20(15,16)17/h2-3,5-6,12-13,19H,4,7-9,14H2,1H3,(H,15,16,17). The van der Waals surface area contributed by atoms with Crippen molar-refractivity contribution in [2.24, 2.45) is 5.73 Å². The maximum atomic E-state index is 10.7. The molecule has 0 saturated carbocycles. The Morgan fingerprint density at radius 3 is 2.40 bits per heavy atom. The molecule has 0 aromatic heterocycles. The minimum absolute atomic E-state index is 0.112. The molecule has 0 radical (unpaired) electrons. The SMILES string of the molecule is COc1ccc(CCC(S)C(N)CCS(=O)(=O)O)cc1. The first-order valence-corrected chi connectivity index (χ1v) is 8.46. The molecule has 0 spiro atoms. The van der Waals surface area contributed by atoms with E-state index in [4.69, 9.17) is 15.0 Å². The summed E-state index contributed by atoms with van der Waals surface area (Å²) in [7, 11) is -2.34. The zero-order chi connectivity index (χ0) is 15.2. The van der Waals surface area contributed by atoms with Gasteiger partial charge in [0.1, 0.15) is 5.75 Å². The molecule has 0 amide bonds. The molecule has 5 nitrogen and oxygen atoms in total. The molecule has 3 N–H and O–H groups in total. The Morgan fingerprint density at radius 1 is 1.30 bits per heavy atom. The first kappa shape index (κ1) is 17.3. The van der Waals surface area contributed by atoms with Crippen LogP contribution in [0.25, 0.3) is 0 Å². The Labute approximate surface area is 125 Å². The summed E-state index contributed by atoms with van der Waals surface area (Å²) in [5.41, 5.74) is 7.01. The fraction of sp³-hybridized carbons (Fsp3) is 0.538. The molecule has 0 heterocycles. The van der Waals surface area contributed by atoms with Gasteiger partial charge in [0.05, 0.1) is 12.9 Å². The number of aryl methyl sites for hydroxylation is 1. The van der Waals surface area contributed by atoms with E-state index in [1.165, 1.54) is 0 Å². The van der Waals surface area contributed by atoms with Crippen LogP contribution in [0, 0.1) is 0 Å². The summed E-state index contributed by atoms with van der Waals surface area (Å²) in [5, 5.41) is -0.112. The third-order valence-corrected chi connectivity index (χ3v) is 4.48. The molecule has 2 atom stereocenters. The van der Waals surface area contributed by atoms with E-state index in [0.717, 1.165) is 24.2 Å². The van der Waals surface area contributed by atoms with Crippen LogP contribution in [0.1, 0.15) is 18.4 Å². The van der Waals surface area contributed by atoms with Crippen LogP contribution in [0.3, 0.4) is 0 Å². The van der Waals surface area contributed by atoms with Crippen molar-refractivity contribution in [2.75, 3.05) is 12.9 Å². The van der Waals surface area contributed by atoms with Crippen molar-refractivity contribution in [3.05, 3.63) is 29.8 Å². The molecule has 20 heavy (non-hydrogen) atoms. The van der Waals surface area contributed by atoms with E-state index < -0.39 is 10.1 Å². The van der Waals surface area contributed by atoms with Gasteiger partial charge in [0, 0.05) is 11.3 Å². The van der Waals surface area contributed by atoms with Gasteiger partial charge in [0.25, 0.3) is 10.1 Å². The molecule has 0 aliphatic carbocycles. The predicted molar refractivity (Wildman–Crippen MR) is 83.1 cm³/mol. The van der Waals surface area contributed by atoms with Gasteiger partial charge < -0.3 is 10.5 Å². The summed E-state index contributed by atoms with van der Waals surface area (Å²) in [6.07, 6.45) is 1.75. The largest absolute Gasteiger partial charge is 0.497 e. The van der Waals surface area contributed by atoms with Gasteiger partial charge in [-0.25, -0.2) is 0 Å². The van der Waals surface area contributed by atoms with E-state index >= 15 is 0 Å². The van der Waals surface area contributed by atoms with Gasteiger partial charge in [0.2, 0.25) is 0 Å².